The van der Waals surface area contributed by atoms with Gasteiger partial charge in [0.15, 0.2) is 0 Å². The number of benzene rings is 2. The molecule has 0 saturated heterocycles. The summed E-state index contributed by atoms with van der Waals surface area (Å²) in [4.78, 5) is 27.8. The summed E-state index contributed by atoms with van der Waals surface area (Å²) in [6.07, 6.45) is 4.31. The molecule has 3 rings (SSSR count). The summed E-state index contributed by atoms with van der Waals surface area (Å²) in [5.74, 6) is 1.55. The van der Waals surface area contributed by atoms with Gasteiger partial charge in [0.1, 0.15) is 11.8 Å². The molecule has 7 heteroatoms. The summed E-state index contributed by atoms with van der Waals surface area (Å²) in [6, 6.07) is 14.9. The number of hydrogen-bond acceptors (Lipinski definition) is 4. The van der Waals surface area contributed by atoms with E-state index in [-0.39, 0.29) is 23.6 Å². The van der Waals surface area contributed by atoms with Gasteiger partial charge in [-0.3, -0.25) is 9.59 Å². The van der Waals surface area contributed by atoms with E-state index in [9.17, 15) is 9.59 Å². The number of thioether (sulfide) groups is 1. The molecule has 32 heavy (non-hydrogen) atoms. The van der Waals surface area contributed by atoms with E-state index in [1.165, 1.54) is 11.8 Å². The van der Waals surface area contributed by atoms with Crippen LogP contribution in [-0.2, 0) is 21.9 Å². The zero-order valence-electron chi connectivity index (χ0n) is 18.7. The van der Waals surface area contributed by atoms with E-state index in [4.69, 9.17) is 16.3 Å². The molecule has 0 aromatic heterocycles. The minimum absolute atomic E-state index is 0.0612. The summed E-state index contributed by atoms with van der Waals surface area (Å²) in [6.45, 7) is 2.16. The summed E-state index contributed by atoms with van der Waals surface area (Å²) in [5.41, 5.74) is 2.00. The van der Waals surface area contributed by atoms with Crippen LogP contribution in [-0.4, -0.2) is 41.7 Å². The van der Waals surface area contributed by atoms with Crippen molar-refractivity contribution in [3.05, 3.63) is 64.7 Å². The maximum atomic E-state index is 13.2. The van der Waals surface area contributed by atoms with Gasteiger partial charge in [0.25, 0.3) is 0 Å². The topological polar surface area (TPSA) is 58.6 Å². The van der Waals surface area contributed by atoms with Crippen molar-refractivity contribution >= 4 is 35.2 Å². The Hall–Kier alpha value is -2.18. The highest BCUT2D eigenvalue weighted by Crippen LogP contribution is 2.21. The van der Waals surface area contributed by atoms with Crippen molar-refractivity contribution in [3.8, 4) is 5.75 Å². The molecular weight excluding hydrogens is 444 g/mol. The second-order valence-corrected chi connectivity index (χ2v) is 9.58. The van der Waals surface area contributed by atoms with Crippen LogP contribution in [0.15, 0.2) is 48.5 Å². The molecule has 1 fully saturated rings. The van der Waals surface area contributed by atoms with Crippen molar-refractivity contribution in [2.24, 2.45) is 0 Å². The molecule has 2 aromatic rings. The molecule has 0 aliphatic heterocycles. The summed E-state index contributed by atoms with van der Waals surface area (Å²) >= 11 is 7.58. The van der Waals surface area contributed by atoms with E-state index < -0.39 is 6.04 Å². The van der Waals surface area contributed by atoms with E-state index in [0.29, 0.717) is 17.3 Å². The van der Waals surface area contributed by atoms with E-state index in [1.54, 1.807) is 12.0 Å². The van der Waals surface area contributed by atoms with Gasteiger partial charge in [-0.15, -0.1) is 11.8 Å². The minimum atomic E-state index is -0.555. The Bertz CT molecular complexity index is 918. The number of carbonyl (C=O) groups excluding carboxylic acids is 2. The molecule has 0 radical (unpaired) electrons. The first-order valence-corrected chi connectivity index (χ1v) is 12.5. The Morgan fingerprint density at radius 1 is 1.16 bits per heavy atom. The average Bonchev–Trinajstić information content (AvgIpc) is 3.30. The predicted octanol–water partition coefficient (Wildman–Crippen LogP) is 5.06. The molecule has 5 nitrogen and oxygen atoms in total. The van der Waals surface area contributed by atoms with Gasteiger partial charge in [-0.05, 0) is 55.2 Å². The zero-order valence-corrected chi connectivity index (χ0v) is 20.3. The molecule has 2 aromatic carbocycles. The van der Waals surface area contributed by atoms with Gasteiger partial charge in [0.2, 0.25) is 11.8 Å². The Morgan fingerprint density at radius 2 is 1.88 bits per heavy atom. The smallest absolute Gasteiger partial charge is 0.242 e. The van der Waals surface area contributed by atoms with Crippen molar-refractivity contribution in [2.45, 2.75) is 57.0 Å². The maximum absolute atomic E-state index is 13.2. The van der Waals surface area contributed by atoms with Crippen molar-refractivity contribution < 1.29 is 14.3 Å². The molecule has 1 aliphatic carbocycles. The van der Waals surface area contributed by atoms with Crippen LogP contribution in [0, 0.1) is 0 Å². The van der Waals surface area contributed by atoms with Crippen molar-refractivity contribution in [2.75, 3.05) is 12.9 Å². The number of carbonyl (C=O) groups is 2. The maximum Gasteiger partial charge on any atom is 0.242 e. The molecule has 0 spiro atoms. The van der Waals surface area contributed by atoms with Crippen LogP contribution in [0.5, 0.6) is 5.75 Å². The van der Waals surface area contributed by atoms with Crippen molar-refractivity contribution in [3.63, 3.8) is 0 Å². The van der Waals surface area contributed by atoms with Crippen LogP contribution >= 0.6 is 23.4 Å². The van der Waals surface area contributed by atoms with Crippen molar-refractivity contribution in [1.82, 2.24) is 10.2 Å². The average molecular weight is 475 g/mol. The van der Waals surface area contributed by atoms with Crippen LogP contribution in [0.3, 0.4) is 0 Å². The Balaban J connectivity index is 1.67. The van der Waals surface area contributed by atoms with Gasteiger partial charge in [0.05, 0.1) is 12.9 Å². The standard InChI is InChI=1S/C25H31ClN2O3S/c1-18(25(30)27-22-10-3-4-11-22)28(15-19-7-6-12-23(14-19)31-2)24(29)17-32-16-20-8-5-9-21(26)13-20/h5-9,12-14,18,22H,3-4,10-11,15-17H2,1-2H3,(H,27,30)/t18-/m1/s1. The zero-order chi connectivity index (χ0) is 22.9. The van der Waals surface area contributed by atoms with E-state index in [2.05, 4.69) is 5.32 Å². The number of halogens is 1. The number of methoxy groups -OCH3 is 1. The highest BCUT2D eigenvalue weighted by Gasteiger charge is 2.28. The summed E-state index contributed by atoms with van der Waals surface area (Å²) in [5, 5.41) is 3.82. The largest absolute Gasteiger partial charge is 0.497 e. The third-order valence-corrected chi connectivity index (χ3v) is 6.96. The van der Waals surface area contributed by atoms with Crippen LogP contribution in [0.2, 0.25) is 5.02 Å². The van der Waals surface area contributed by atoms with Crippen LogP contribution in [0.1, 0.15) is 43.7 Å². The molecule has 0 bridgehead atoms. The molecule has 172 valence electrons. The van der Waals surface area contributed by atoms with Gasteiger partial charge >= 0.3 is 0 Å². The fraction of sp³-hybridized carbons (Fsp3) is 0.440. The van der Waals surface area contributed by atoms with Crippen molar-refractivity contribution in [1.29, 1.82) is 0 Å². The molecule has 2 amide bonds. The number of hydrogen-bond donors (Lipinski definition) is 1. The lowest BCUT2D eigenvalue weighted by molar-refractivity contribution is -0.138. The number of ether oxygens (including phenoxy) is 1. The summed E-state index contributed by atoms with van der Waals surface area (Å²) < 4.78 is 5.32. The first-order valence-electron chi connectivity index (χ1n) is 11.0. The first-order chi connectivity index (χ1) is 15.5. The SMILES string of the molecule is COc1cccc(CN(C(=O)CSCc2cccc(Cl)c2)[C@H](C)C(=O)NC2CCCC2)c1. The molecule has 1 aliphatic rings. The Kier molecular flexibility index (Phi) is 9.30. The highest BCUT2D eigenvalue weighted by atomic mass is 35.5. The van der Waals surface area contributed by atoms with Crippen LogP contribution in [0.4, 0.5) is 0 Å². The molecule has 1 saturated carbocycles. The number of nitrogens with one attached hydrogen (secondary N) is 1. The molecular formula is C25H31ClN2O3S. The molecule has 0 unspecified atom stereocenters. The molecule has 0 heterocycles. The first kappa shape index (κ1) is 24.5. The third kappa shape index (κ3) is 7.17. The lowest BCUT2D eigenvalue weighted by Gasteiger charge is -2.30. The Labute approximate surface area is 199 Å². The monoisotopic (exact) mass is 474 g/mol. The lowest BCUT2D eigenvalue weighted by atomic mass is 10.1. The van der Waals surface area contributed by atoms with Gasteiger partial charge < -0.3 is 15.0 Å². The van der Waals surface area contributed by atoms with E-state index in [0.717, 1.165) is 42.6 Å². The van der Waals surface area contributed by atoms with Gasteiger partial charge in [-0.2, -0.15) is 0 Å². The van der Waals surface area contributed by atoms with Gasteiger partial charge in [-0.1, -0.05) is 48.7 Å². The highest BCUT2D eigenvalue weighted by molar-refractivity contribution is 7.99. The predicted molar refractivity (Wildman–Crippen MR) is 131 cm³/mol. The quantitative estimate of drug-likeness (QED) is 0.523. The fourth-order valence-electron chi connectivity index (χ4n) is 3.91. The number of nitrogens with zero attached hydrogens (tertiary/aromatic N) is 1. The molecule has 1 N–H and O–H groups in total. The number of amides is 2. The Morgan fingerprint density at radius 3 is 2.59 bits per heavy atom. The minimum Gasteiger partial charge on any atom is -0.497 e. The summed E-state index contributed by atoms with van der Waals surface area (Å²) in [7, 11) is 1.62. The second kappa shape index (κ2) is 12.2. The van der Waals surface area contributed by atoms with Gasteiger partial charge in [-0.25, -0.2) is 0 Å². The third-order valence-electron chi connectivity index (χ3n) is 5.74. The molecule has 1 atom stereocenters. The van der Waals surface area contributed by atoms with Crippen LogP contribution in [0.25, 0.3) is 0 Å². The fourth-order valence-corrected chi connectivity index (χ4v) is 4.98. The second-order valence-electron chi connectivity index (χ2n) is 8.16. The van der Waals surface area contributed by atoms with E-state index in [1.807, 2.05) is 55.5 Å². The van der Waals surface area contributed by atoms with E-state index >= 15 is 0 Å². The van der Waals surface area contributed by atoms with Crippen LogP contribution < -0.4 is 10.1 Å². The lowest BCUT2D eigenvalue weighted by Crippen LogP contribution is -2.50. The number of rotatable bonds is 10. The normalized spacial score (nSPS) is 14.7. The van der Waals surface area contributed by atoms with Gasteiger partial charge in [0, 0.05) is 23.4 Å².